The predicted octanol–water partition coefficient (Wildman–Crippen LogP) is 15.4. The highest BCUT2D eigenvalue weighted by Crippen LogP contribution is 2.62. The Balaban J connectivity index is 1.21. The first-order valence-electron chi connectivity index (χ1n) is 26.4. The molecule has 0 fully saturated rings. The fourth-order valence-corrected chi connectivity index (χ4v) is 14.6. The van der Waals surface area contributed by atoms with Crippen molar-refractivity contribution in [1.82, 2.24) is 9.13 Å². The molecule has 0 bridgehead atoms. The van der Waals surface area contributed by atoms with Crippen LogP contribution in [0.4, 0.5) is 0 Å². The van der Waals surface area contributed by atoms with Crippen LogP contribution in [0, 0.1) is 38.5 Å². The van der Waals surface area contributed by atoms with Crippen LogP contribution in [-0.4, -0.2) is 15.8 Å². The van der Waals surface area contributed by atoms with Crippen LogP contribution < -0.4 is 16.4 Å². The second-order valence-corrected chi connectivity index (χ2v) is 24.8. The molecular weight excluding hydrogens is 868 g/mol. The van der Waals surface area contributed by atoms with Crippen molar-refractivity contribution in [3.63, 3.8) is 0 Å². The highest BCUT2D eigenvalue weighted by Gasteiger charge is 2.55. The Hall–Kier alpha value is -7.36. The molecule has 0 saturated heterocycles. The van der Waals surface area contributed by atoms with Crippen molar-refractivity contribution in [3.8, 4) is 44.9 Å². The third-order valence-electron chi connectivity index (χ3n) is 17.1. The molecule has 5 heterocycles. The molecule has 0 radical (unpaired) electrons. The normalized spacial score (nSPS) is 14.4. The van der Waals surface area contributed by atoms with Gasteiger partial charge in [0, 0.05) is 38.6 Å². The summed E-state index contributed by atoms with van der Waals surface area (Å²) in [6.45, 7) is 23.4. The number of nitrogens with zero attached hydrogens (tertiary/aromatic N) is 2. The average Bonchev–Trinajstić information content (AvgIpc) is 3.95. The molecular formula is C69H59BN2. The van der Waals surface area contributed by atoms with Crippen molar-refractivity contribution in [3.05, 3.63) is 207 Å². The maximum absolute atomic E-state index is 2.80. The summed E-state index contributed by atoms with van der Waals surface area (Å²) in [5.74, 6) is 0. The summed E-state index contributed by atoms with van der Waals surface area (Å²) < 4.78 is 5.53. The Bertz CT molecular complexity index is 4200. The van der Waals surface area contributed by atoms with Gasteiger partial charge in [-0.15, -0.1) is 0 Å². The zero-order chi connectivity index (χ0) is 49.1. The van der Waals surface area contributed by atoms with Gasteiger partial charge in [0.05, 0.1) is 22.1 Å². The Morgan fingerprint density at radius 3 is 1.67 bits per heavy atom. The third kappa shape index (κ3) is 5.47. The summed E-state index contributed by atoms with van der Waals surface area (Å²) in [5.41, 5.74) is 32.0. The van der Waals surface area contributed by atoms with E-state index in [-0.39, 0.29) is 17.5 Å². The quantitative estimate of drug-likeness (QED) is 0.156. The minimum Gasteiger partial charge on any atom is -0.310 e. The minimum atomic E-state index is -0.553. The first-order valence-corrected chi connectivity index (χ1v) is 26.4. The summed E-state index contributed by atoms with van der Waals surface area (Å²) in [7, 11) is 0. The average molecular weight is 927 g/mol. The van der Waals surface area contributed by atoms with Crippen LogP contribution in [0.25, 0.3) is 88.4 Å². The molecule has 0 saturated carbocycles. The fourth-order valence-electron chi connectivity index (χ4n) is 14.6. The zero-order valence-electron chi connectivity index (χ0n) is 43.3. The van der Waals surface area contributed by atoms with Gasteiger partial charge in [0.15, 0.2) is 0 Å². The van der Waals surface area contributed by atoms with E-state index < -0.39 is 5.41 Å². The Labute approximate surface area is 424 Å². The molecule has 11 aromatic rings. The van der Waals surface area contributed by atoms with E-state index in [0.29, 0.717) is 0 Å². The molecule has 1 aliphatic carbocycles. The zero-order valence-corrected chi connectivity index (χ0v) is 43.3. The Morgan fingerprint density at radius 2 is 1.03 bits per heavy atom. The lowest BCUT2D eigenvalue weighted by Crippen LogP contribution is -2.60. The molecule has 9 aromatic carbocycles. The number of hydrogen-bond acceptors (Lipinski definition) is 0. The molecule has 0 unspecified atom stereocenters. The number of hydrogen-bond donors (Lipinski definition) is 0. The van der Waals surface area contributed by atoms with Crippen molar-refractivity contribution < 1.29 is 0 Å². The largest absolute Gasteiger partial charge is 0.310 e. The van der Waals surface area contributed by atoms with Crippen LogP contribution in [0.5, 0.6) is 0 Å². The Morgan fingerprint density at radius 1 is 0.458 bits per heavy atom. The summed E-state index contributed by atoms with van der Waals surface area (Å²) in [6.07, 6.45) is 1.98. The maximum Gasteiger partial charge on any atom is 0.252 e. The van der Waals surface area contributed by atoms with Gasteiger partial charge in [-0.2, -0.15) is 0 Å². The third-order valence-corrected chi connectivity index (χ3v) is 17.1. The highest BCUT2D eigenvalue weighted by molar-refractivity contribution is 7.00. The van der Waals surface area contributed by atoms with Gasteiger partial charge in [0.2, 0.25) is 0 Å². The molecule has 2 aromatic heterocycles. The van der Waals surface area contributed by atoms with E-state index in [9.17, 15) is 0 Å². The molecule has 0 N–H and O–H groups in total. The van der Waals surface area contributed by atoms with Gasteiger partial charge >= 0.3 is 0 Å². The number of fused-ring (bicyclic) bond motifs is 13. The summed E-state index contributed by atoms with van der Waals surface area (Å²) in [6, 6.07) is 60.8. The topological polar surface area (TPSA) is 9.86 Å². The summed E-state index contributed by atoms with van der Waals surface area (Å²) >= 11 is 0. The van der Waals surface area contributed by atoms with Crippen LogP contribution in [0.2, 0.25) is 0 Å². The van der Waals surface area contributed by atoms with E-state index >= 15 is 0 Å². The van der Waals surface area contributed by atoms with Gasteiger partial charge in [0.25, 0.3) is 6.71 Å². The van der Waals surface area contributed by atoms with E-state index in [4.69, 9.17) is 0 Å². The number of aromatic nitrogens is 2. The monoisotopic (exact) mass is 926 g/mol. The number of aryl methyl sites for hydroxylation is 4. The van der Waals surface area contributed by atoms with Gasteiger partial charge in [-0.25, -0.2) is 0 Å². The van der Waals surface area contributed by atoms with Crippen molar-refractivity contribution in [2.24, 2.45) is 10.8 Å². The summed E-state index contributed by atoms with van der Waals surface area (Å²) in [5, 5.41) is 6.72. The van der Waals surface area contributed by atoms with E-state index in [2.05, 4.69) is 230 Å². The molecule has 15 rings (SSSR count). The molecule has 2 nitrogen and oxygen atoms in total. The molecule has 3 aliphatic heterocycles. The lowest BCUT2D eigenvalue weighted by atomic mass is 9.33. The summed E-state index contributed by atoms with van der Waals surface area (Å²) in [4.78, 5) is 0. The molecule has 3 heteroatoms. The van der Waals surface area contributed by atoms with Crippen LogP contribution in [0.3, 0.4) is 0 Å². The lowest BCUT2D eigenvalue weighted by Gasteiger charge is -2.44. The number of rotatable bonds is 4. The van der Waals surface area contributed by atoms with Gasteiger partial charge in [-0.3, -0.25) is 0 Å². The van der Waals surface area contributed by atoms with Crippen LogP contribution in [0.1, 0.15) is 97.2 Å². The van der Waals surface area contributed by atoms with Gasteiger partial charge < -0.3 is 9.13 Å². The first-order chi connectivity index (χ1) is 34.6. The molecule has 1 spiro atoms. The van der Waals surface area contributed by atoms with Crippen molar-refractivity contribution in [2.75, 3.05) is 0 Å². The highest BCUT2D eigenvalue weighted by atomic mass is 15.1. The maximum atomic E-state index is 2.80. The SMILES string of the molecule is Cc1ccc(-c2c(-c3ccc(C)cc3)n3c4c(cc5ccccc5c24)B2c4c-3ccc3c4-n4c5c2cc(CC(C)(C)C)cc5c2cc(CC(C)(C)C)cc(c24)C32c3cc(C)ccc3-c3ccc(C)cc32)cc1. The molecule has 4 aliphatic rings. The van der Waals surface area contributed by atoms with Gasteiger partial charge in [-0.1, -0.05) is 197 Å². The van der Waals surface area contributed by atoms with E-state index in [0.717, 1.165) is 12.8 Å². The van der Waals surface area contributed by atoms with Crippen LogP contribution >= 0.6 is 0 Å². The first kappa shape index (κ1) is 42.3. The van der Waals surface area contributed by atoms with Gasteiger partial charge in [0.1, 0.15) is 0 Å². The van der Waals surface area contributed by atoms with Gasteiger partial charge in [-0.05, 0) is 152 Å². The number of benzene rings is 9. The molecule has 348 valence electrons. The Kier molecular flexibility index (Phi) is 8.22. The van der Waals surface area contributed by atoms with Crippen molar-refractivity contribution in [1.29, 1.82) is 0 Å². The smallest absolute Gasteiger partial charge is 0.252 e. The van der Waals surface area contributed by atoms with Crippen molar-refractivity contribution in [2.45, 2.75) is 87.5 Å². The standard InChI is InChI=1S/C69H59BN2/c1-38-15-21-44(22-16-38)59-60-47-14-12-11-13-46(47)35-57-66(60)71(62(59)45-23-17-39(2)18-24-45)58-28-27-52-65-61(58)70(57)56-34-43(37-68(8,9)10)32-51-50-31-42(36-67(5,6)7)33-55(63(50)72(65)64(51)56)69(52)53-29-40(3)19-25-48(53)49-26-20-41(4)30-54(49)69/h11-35H,36-37H2,1-10H3. The fraction of sp³-hybridized carbons (Fsp3) is 0.217. The molecule has 0 atom stereocenters. The predicted molar refractivity (Wildman–Crippen MR) is 307 cm³/mol. The second kappa shape index (κ2) is 14.0. The minimum absolute atomic E-state index is 0.0107. The molecule has 0 amide bonds. The molecule has 72 heavy (non-hydrogen) atoms. The van der Waals surface area contributed by atoms with Crippen LogP contribution in [0.15, 0.2) is 152 Å². The van der Waals surface area contributed by atoms with Crippen LogP contribution in [-0.2, 0) is 18.3 Å². The second-order valence-electron chi connectivity index (χ2n) is 24.8. The van der Waals surface area contributed by atoms with E-state index in [1.54, 1.807) is 0 Å². The van der Waals surface area contributed by atoms with E-state index in [1.807, 2.05) is 0 Å². The van der Waals surface area contributed by atoms with Crippen molar-refractivity contribution >= 4 is 66.6 Å². The lowest BCUT2D eigenvalue weighted by molar-refractivity contribution is 0.411. The van der Waals surface area contributed by atoms with E-state index in [1.165, 1.54) is 160 Å².